The fourth-order valence-corrected chi connectivity index (χ4v) is 3.34. The number of aliphatic hydroxyl groups excluding tert-OH is 1. The highest BCUT2D eigenvalue weighted by Crippen LogP contribution is 2.39. The Morgan fingerprint density at radius 3 is 2.48 bits per heavy atom. The quantitative estimate of drug-likeness (QED) is 0.245. The molecule has 1 aliphatic carbocycles. The van der Waals surface area contributed by atoms with E-state index in [0.29, 0.717) is 24.7 Å². The summed E-state index contributed by atoms with van der Waals surface area (Å²) in [4.78, 5) is 48.0. The Bertz CT molecular complexity index is 805. The normalized spacial score (nSPS) is 31.6. The molecular formula is C21H24O8. The molecule has 1 heterocycles. The van der Waals surface area contributed by atoms with E-state index in [2.05, 4.69) is 19.7 Å². The summed E-state index contributed by atoms with van der Waals surface area (Å²) in [6.07, 6.45) is -2.52. The van der Waals surface area contributed by atoms with Crippen molar-refractivity contribution in [3.05, 3.63) is 48.1 Å². The number of carbonyl (C=O) groups excluding carboxylic acids is 4. The number of esters is 3. The van der Waals surface area contributed by atoms with Gasteiger partial charge in [-0.2, -0.15) is 0 Å². The van der Waals surface area contributed by atoms with E-state index in [-0.39, 0.29) is 16.7 Å². The fraction of sp³-hybridized carbons (Fsp3) is 0.429. The van der Waals surface area contributed by atoms with Gasteiger partial charge in [-0.3, -0.25) is 9.59 Å². The Balaban J connectivity index is 2.67. The zero-order chi connectivity index (χ0) is 21.9. The van der Waals surface area contributed by atoms with Crippen molar-refractivity contribution in [2.24, 2.45) is 5.92 Å². The molecule has 1 N–H and O–H groups in total. The van der Waals surface area contributed by atoms with Gasteiger partial charge in [-0.15, -0.1) is 0 Å². The van der Waals surface area contributed by atoms with Gasteiger partial charge < -0.3 is 19.3 Å². The van der Waals surface area contributed by atoms with Crippen molar-refractivity contribution in [2.75, 3.05) is 0 Å². The summed E-state index contributed by atoms with van der Waals surface area (Å²) in [7, 11) is 0. The molecule has 29 heavy (non-hydrogen) atoms. The summed E-state index contributed by atoms with van der Waals surface area (Å²) in [5.41, 5.74) is 0.400. The first kappa shape index (κ1) is 22.3. The number of allylic oxidation sites excluding steroid dienone is 1. The van der Waals surface area contributed by atoms with Crippen molar-refractivity contribution in [1.29, 1.82) is 0 Å². The maximum atomic E-state index is 12.3. The molecule has 0 aromatic carbocycles. The van der Waals surface area contributed by atoms with Crippen molar-refractivity contribution in [2.45, 2.75) is 51.1 Å². The molecule has 1 aliphatic heterocycles. The molecule has 0 saturated carbocycles. The number of hydrogen-bond acceptors (Lipinski definition) is 8. The Morgan fingerprint density at radius 2 is 1.93 bits per heavy atom. The van der Waals surface area contributed by atoms with Crippen molar-refractivity contribution in [3.8, 4) is 0 Å². The molecule has 5 atom stereocenters. The number of aldehydes is 1. The van der Waals surface area contributed by atoms with Crippen LogP contribution < -0.4 is 0 Å². The first-order valence-electron chi connectivity index (χ1n) is 9.02. The number of carbonyl (C=O) groups is 4. The van der Waals surface area contributed by atoms with Crippen LogP contribution in [0, 0.1) is 5.92 Å². The lowest BCUT2D eigenvalue weighted by Gasteiger charge is -2.35. The second kappa shape index (κ2) is 9.00. The second-order valence-electron chi connectivity index (χ2n) is 7.06. The molecule has 0 aromatic heterocycles. The molecule has 1 fully saturated rings. The van der Waals surface area contributed by atoms with Crippen molar-refractivity contribution < 1.29 is 38.5 Å². The molecule has 0 radical (unpaired) electrons. The molecule has 8 nitrogen and oxygen atoms in total. The van der Waals surface area contributed by atoms with Gasteiger partial charge >= 0.3 is 17.9 Å². The number of ether oxygens (including phenoxy) is 3. The van der Waals surface area contributed by atoms with E-state index in [1.165, 1.54) is 13.0 Å². The Kier molecular flexibility index (Phi) is 6.92. The molecule has 0 amide bonds. The third-order valence-electron chi connectivity index (χ3n) is 4.84. The van der Waals surface area contributed by atoms with Crippen LogP contribution in [0.4, 0.5) is 0 Å². The van der Waals surface area contributed by atoms with Crippen molar-refractivity contribution in [1.82, 2.24) is 0 Å². The van der Waals surface area contributed by atoms with Gasteiger partial charge in [0.2, 0.25) is 0 Å². The van der Waals surface area contributed by atoms with Gasteiger partial charge in [0.05, 0.1) is 5.92 Å². The predicted octanol–water partition coefficient (Wildman–Crippen LogP) is 1.34. The van der Waals surface area contributed by atoms with Crippen LogP contribution in [-0.4, -0.2) is 53.7 Å². The van der Waals surface area contributed by atoms with E-state index in [4.69, 9.17) is 14.2 Å². The first-order chi connectivity index (χ1) is 13.6. The lowest BCUT2D eigenvalue weighted by molar-refractivity contribution is -0.168. The number of fused-ring (bicyclic) bond motifs is 1. The molecule has 0 unspecified atom stereocenters. The zero-order valence-electron chi connectivity index (χ0n) is 16.4. The van der Waals surface area contributed by atoms with Crippen LogP contribution in [0.2, 0.25) is 0 Å². The highest BCUT2D eigenvalue weighted by Gasteiger charge is 2.52. The van der Waals surface area contributed by atoms with Crippen LogP contribution >= 0.6 is 0 Å². The van der Waals surface area contributed by atoms with Crippen LogP contribution in [0.5, 0.6) is 0 Å². The van der Waals surface area contributed by atoms with Crippen LogP contribution in [0.25, 0.3) is 0 Å². The van der Waals surface area contributed by atoms with Crippen LogP contribution in [-0.2, 0) is 33.4 Å². The average Bonchev–Trinajstić information content (AvgIpc) is 2.94. The van der Waals surface area contributed by atoms with Gasteiger partial charge in [-0.25, -0.2) is 9.59 Å². The smallest absolute Gasteiger partial charge is 0.334 e. The SMILES string of the molecule is C=C(C)C(=O)O[C@H]1[C@H]2C(=C)C(=O)O[C@@H]2[C@H](O)C(=C)CC/C=C(\C=O)[C@@H]1OC(C)=O. The Morgan fingerprint density at radius 1 is 1.28 bits per heavy atom. The summed E-state index contributed by atoms with van der Waals surface area (Å²) in [6, 6.07) is 0. The molecule has 2 rings (SSSR count). The Hall–Kier alpha value is -3.00. The van der Waals surface area contributed by atoms with Crippen molar-refractivity contribution in [3.63, 3.8) is 0 Å². The third kappa shape index (κ3) is 4.71. The highest BCUT2D eigenvalue weighted by atomic mass is 16.6. The summed E-state index contributed by atoms with van der Waals surface area (Å²) in [5, 5.41) is 10.7. The minimum Gasteiger partial charge on any atom is -0.455 e. The molecule has 0 aromatic rings. The standard InChI is InChI=1S/C21H24O8/c1-10(2)20(25)29-19-15-12(4)21(26)28-18(15)16(24)11(3)7-6-8-14(9-22)17(19)27-13(5)23/h8-9,15-19,24H,1,3-4,6-7H2,2,5H3/b14-8+/t15-,16+,17-,18-,19-/m0/s1. The molecule has 156 valence electrons. The van der Waals surface area contributed by atoms with Gasteiger partial charge in [0.25, 0.3) is 0 Å². The largest absolute Gasteiger partial charge is 0.455 e. The van der Waals surface area contributed by atoms with E-state index in [1.54, 1.807) is 0 Å². The second-order valence-corrected chi connectivity index (χ2v) is 7.06. The number of rotatable bonds is 4. The van der Waals surface area contributed by atoms with Gasteiger partial charge in [0, 0.05) is 23.6 Å². The van der Waals surface area contributed by atoms with E-state index in [1.807, 2.05) is 0 Å². The van der Waals surface area contributed by atoms with E-state index < -0.39 is 48.2 Å². The topological polar surface area (TPSA) is 116 Å². The maximum absolute atomic E-state index is 12.3. The van der Waals surface area contributed by atoms with Crippen LogP contribution in [0.15, 0.2) is 48.1 Å². The molecule has 8 heteroatoms. The predicted molar refractivity (Wildman–Crippen MR) is 101 cm³/mol. The molecular weight excluding hydrogens is 380 g/mol. The zero-order valence-corrected chi connectivity index (χ0v) is 16.4. The monoisotopic (exact) mass is 404 g/mol. The minimum atomic E-state index is -1.36. The lowest BCUT2D eigenvalue weighted by Crippen LogP contribution is -2.48. The number of hydrogen-bond donors (Lipinski definition) is 1. The van der Waals surface area contributed by atoms with E-state index in [9.17, 15) is 24.3 Å². The minimum absolute atomic E-state index is 0.0507. The molecule has 0 spiro atoms. The summed E-state index contributed by atoms with van der Waals surface area (Å²) in [5.74, 6) is -3.42. The average molecular weight is 404 g/mol. The van der Waals surface area contributed by atoms with Crippen LogP contribution in [0.1, 0.15) is 26.7 Å². The summed E-state index contributed by atoms with van der Waals surface area (Å²) < 4.78 is 16.1. The summed E-state index contributed by atoms with van der Waals surface area (Å²) >= 11 is 0. The lowest BCUT2D eigenvalue weighted by atomic mass is 9.80. The van der Waals surface area contributed by atoms with Gasteiger partial charge in [0.15, 0.2) is 12.2 Å². The van der Waals surface area contributed by atoms with E-state index >= 15 is 0 Å². The molecule has 0 bridgehead atoms. The van der Waals surface area contributed by atoms with Gasteiger partial charge in [-0.05, 0) is 25.3 Å². The van der Waals surface area contributed by atoms with Crippen LogP contribution in [0.3, 0.4) is 0 Å². The summed E-state index contributed by atoms with van der Waals surface area (Å²) in [6.45, 7) is 13.6. The van der Waals surface area contributed by atoms with Crippen molar-refractivity contribution >= 4 is 24.2 Å². The Labute approximate surface area is 168 Å². The van der Waals surface area contributed by atoms with Gasteiger partial charge in [0.1, 0.15) is 18.5 Å². The molecule has 2 aliphatic rings. The number of aliphatic hydroxyl groups is 1. The molecule has 1 saturated heterocycles. The highest BCUT2D eigenvalue weighted by molar-refractivity contribution is 5.92. The fourth-order valence-electron chi connectivity index (χ4n) is 3.34. The third-order valence-corrected chi connectivity index (χ3v) is 4.84. The van der Waals surface area contributed by atoms with Gasteiger partial charge in [-0.1, -0.05) is 25.8 Å². The maximum Gasteiger partial charge on any atom is 0.334 e. The first-order valence-corrected chi connectivity index (χ1v) is 9.02. The van der Waals surface area contributed by atoms with E-state index in [0.717, 1.165) is 6.92 Å².